The summed E-state index contributed by atoms with van der Waals surface area (Å²) in [5.41, 5.74) is -0.311. The standard InChI is InChI=1S/C14H21NO4/c1-14(18,10-16)9-15-13(17)8-7-11-5-3-4-6-12(11)19-2/h3-6,16,18H,7-10H2,1-2H3,(H,15,17). The number of aliphatic hydroxyl groups excluding tert-OH is 1. The van der Waals surface area contributed by atoms with Crippen LogP contribution in [0.15, 0.2) is 24.3 Å². The van der Waals surface area contributed by atoms with E-state index in [1.807, 2.05) is 24.3 Å². The molecule has 1 amide bonds. The fraction of sp³-hybridized carbons (Fsp3) is 0.500. The Labute approximate surface area is 113 Å². The van der Waals surface area contributed by atoms with Gasteiger partial charge in [0.2, 0.25) is 5.91 Å². The number of aryl methyl sites for hydroxylation is 1. The molecule has 0 aliphatic carbocycles. The van der Waals surface area contributed by atoms with Gasteiger partial charge in [-0.1, -0.05) is 18.2 Å². The average Bonchev–Trinajstić information content (AvgIpc) is 2.43. The van der Waals surface area contributed by atoms with Gasteiger partial charge in [-0.25, -0.2) is 0 Å². The van der Waals surface area contributed by atoms with Gasteiger partial charge in [0, 0.05) is 13.0 Å². The zero-order chi connectivity index (χ0) is 14.3. The van der Waals surface area contributed by atoms with Gasteiger partial charge in [-0.2, -0.15) is 0 Å². The van der Waals surface area contributed by atoms with Crippen molar-refractivity contribution in [3.05, 3.63) is 29.8 Å². The molecule has 1 unspecified atom stereocenters. The molecule has 3 N–H and O–H groups in total. The number of para-hydroxylation sites is 1. The van der Waals surface area contributed by atoms with Gasteiger partial charge in [0.05, 0.1) is 13.7 Å². The van der Waals surface area contributed by atoms with Crippen LogP contribution in [0.4, 0.5) is 0 Å². The molecule has 1 rings (SSSR count). The van der Waals surface area contributed by atoms with E-state index in [-0.39, 0.29) is 19.1 Å². The molecule has 1 aromatic rings. The lowest BCUT2D eigenvalue weighted by atomic mass is 10.1. The third kappa shape index (κ3) is 5.28. The quantitative estimate of drug-likeness (QED) is 0.671. The van der Waals surface area contributed by atoms with Crippen molar-refractivity contribution in [2.45, 2.75) is 25.4 Å². The minimum atomic E-state index is -1.28. The van der Waals surface area contributed by atoms with Crippen LogP contribution in [-0.4, -0.2) is 42.0 Å². The summed E-state index contributed by atoms with van der Waals surface area (Å²) in [5, 5.41) is 21.0. The molecule has 0 radical (unpaired) electrons. The maximum absolute atomic E-state index is 11.6. The number of carbonyl (C=O) groups is 1. The van der Waals surface area contributed by atoms with Gasteiger partial charge in [-0.15, -0.1) is 0 Å². The summed E-state index contributed by atoms with van der Waals surface area (Å²) in [7, 11) is 1.59. The minimum absolute atomic E-state index is 0.0360. The first kappa shape index (κ1) is 15.5. The van der Waals surface area contributed by atoms with E-state index in [2.05, 4.69) is 5.32 Å². The second-order valence-electron chi connectivity index (χ2n) is 4.74. The molecule has 0 saturated carbocycles. The molecule has 19 heavy (non-hydrogen) atoms. The van der Waals surface area contributed by atoms with Gasteiger partial charge < -0.3 is 20.3 Å². The number of benzene rings is 1. The highest BCUT2D eigenvalue weighted by Gasteiger charge is 2.19. The second-order valence-corrected chi connectivity index (χ2v) is 4.74. The lowest BCUT2D eigenvalue weighted by Gasteiger charge is -2.20. The Balaban J connectivity index is 2.42. The molecule has 0 saturated heterocycles. The maximum atomic E-state index is 11.6. The first-order valence-electron chi connectivity index (χ1n) is 6.20. The Morgan fingerprint density at radius 3 is 2.74 bits per heavy atom. The molecule has 1 atom stereocenters. The van der Waals surface area contributed by atoms with Crippen LogP contribution in [0.1, 0.15) is 18.9 Å². The van der Waals surface area contributed by atoms with Crippen LogP contribution in [0.2, 0.25) is 0 Å². The first-order valence-corrected chi connectivity index (χ1v) is 6.20. The molecular weight excluding hydrogens is 246 g/mol. The molecule has 0 bridgehead atoms. The number of carbonyl (C=O) groups excluding carboxylic acids is 1. The fourth-order valence-corrected chi connectivity index (χ4v) is 1.59. The van der Waals surface area contributed by atoms with Crippen molar-refractivity contribution >= 4 is 5.91 Å². The number of rotatable bonds is 7. The molecule has 5 nitrogen and oxygen atoms in total. The number of aliphatic hydroxyl groups is 2. The van der Waals surface area contributed by atoms with Crippen LogP contribution >= 0.6 is 0 Å². The van der Waals surface area contributed by atoms with Crippen LogP contribution in [0, 0.1) is 0 Å². The average molecular weight is 267 g/mol. The Hall–Kier alpha value is -1.59. The van der Waals surface area contributed by atoms with Crippen molar-refractivity contribution in [1.82, 2.24) is 5.32 Å². The van der Waals surface area contributed by atoms with Crippen molar-refractivity contribution in [1.29, 1.82) is 0 Å². The Morgan fingerprint density at radius 1 is 1.42 bits per heavy atom. The van der Waals surface area contributed by atoms with Gasteiger partial charge in [0.25, 0.3) is 0 Å². The van der Waals surface area contributed by atoms with E-state index in [1.165, 1.54) is 6.92 Å². The topological polar surface area (TPSA) is 78.8 Å². The smallest absolute Gasteiger partial charge is 0.220 e. The van der Waals surface area contributed by atoms with Crippen molar-refractivity contribution < 1.29 is 19.7 Å². The molecular formula is C14H21NO4. The van der Waals surface area contributed by atoms with Crippen molar-refractivity contribution in [2.75, 3.05) is 20.3 Å². The third-order valence-corrected chi connectivity index (χ3v) is 2.82. The molecule has 5 heteroatoms. The van der Waals surface area contributed by atoms with E-state index in [9.17, 15) is 9.90 Å². The number of methoxy groups -OCH3 is 1. The number of hydrogen-bond donors (Lipinski definition) is 3. The summed E-state index contributed by atoms with van der Waals surface area (Å²) < 4.78 is 5.20. The minimum Gasteiger partial charge on any atom is -0.496 e. The van der Waals surface area contributed by atoms with E-state index >= 15 is 0 Å². The predicted molar refractivity (Wildman–Crippen MR) is 72.0 cm³/mol. The molecule has 106 valence electrons. The second kappa shape index (κ2) is 7.11. The van der Waals surface area contributed by atoms with Crippen LogP contribution in [-0.2, 0) is 11.2 Å². The van der Waals surface area contributed by atoms with Crippen LogP contribution in [0.3, 0.4) is 0 Å². The Morgan fingerprint density at radius 2 is 2.11 bits per heavy atom. The summed E-state index contributed by atoms with van der Waals surface area (Å²) in [6.45, 7) is 1.11. The molecule has 0 fully saturated rings. The highest BCUT2D eigenvalue weighted by molar-refractivity contribution is 5.76. The first-order chi connectivity index (χ1) is 8.98. The highest BCUT2D eigenvalue weighted by Crippen LogP contribution is 2.18. The van der Waals surface area contributed by atoms with Crippen LogP contribution < -0.4 is 10.1 Å². The highest BCUT2D eigenvalue weighted by atomic mass is 16.5. The maximum Gasteiger partial charge on any atom is 0.220 e. The molecule has 0 aliphatic heterocycles. The summed E-state index contributed by atoms with van der Waals surface area (Å²) >= 11 is 0. The van der Waals surface area contributed by atoms with Gasteiger partial charge in [-0.3, -0.25) is 4.79 Å². The van der Waals surface area contributed by atoms with E-state index in [1.54, 1.807) is 7.11 Å². The van der Waals surface area contributed by atoms with E-state index in [4.69, 9.17) is 9.84 Å². The normalized spacial score (nSPS) is 13.7. The summed E-state index contributed by atoms with van der Waals surface area (Å²) in [6, 6.07) is 7.53. The van der Waals surface area contributed by atoms with Crippen molar-refractivity contribution in [3.63, 3.8) is 0 Å². The van der Waals surface area contributed by atoms with Gasteiger partial charge in [-0.05, 0) is 25.0 Å². The zero-order valence-electron chi connectivity index (χ0n) is 11.3. The lowest BCUT2D eigenvalue weighted by molar-refractivity contribution is -0.122. The molecule has 0 aliphatic rings. The monoisotopic (exact) mass is 267 g/mol. The van der Waals surface area contributed by atoms with Crippen molar-refractivity contribution in [3.8, 4) is 5.75 Å². The third-order valence-electron chi connectivity index (χ3n) is 2.82. The van der Waals surface area contributed by atoms with E-state index < -0.39 is 5.60 Å². The van der Waals surface area contributed by atoms with Crippen molar-refractivity contribution in [2.24, 2.45) is 0 Å². The number of amides is 1. The Bertz CT molecular complexity index is 418. The lowest BCUT2D eigenvalue weighted by Crippen LogP contribution is -2.43. The Kier molecular flexibility index (Phi) is 5.79. The summed E-state index contributed by atoms with van der Waals surface area (Å²) in [5.74, 6) is 0.595. The fourth-order valence-electron chi connectivity index (χ4n) is 1.59. The molecule has 0 heterocycles. The molecule has 1 aromatic carbocycles. The number of nitrogens with one attached hydrogen (secondary N) is 1. The summed E-state index contributed by atoms with van der Waals surface area (Å²) in [6.07, 6.45) is 0.874. The van der Waals surface area contributed by atoms with Crippen LogP contribution in [0.5, 0.6) is 5.75 Å². The molecule has 0 aromatic heterocycles. The largest absolute Gasteiger partial charge is 0.496 e. The number of hydrogen-bond acceptors (Lipinski definition) is 4. The van der Waals surface area contributed by atoms with Gasteiger partial charge in [0.15, 0.2) is 0 Å². The number of ether oxygens (including phenoxy) is 1. The SMILES string of the molecule is COc1ccccc1CCC(=O)NCC(C)(O)CO. The van der Waals surface area contributed by atoms with Crippen LogP contribution in [0.25, 0.3) is 0 Å². The van der Waals surface area contributed by atoms with E-state index in [0.717, 1.165) is 11.3 Å². The van der Waals surface area contributed by atoms with Gasteiger partial charge in [0.1, 0.15) is 11.4 Å². The van der Waals surface area contributed by atoms with E-state index in [0.29, 0.717) is 12.8 Å². The zero-order valence-corrected chi connectivity index (χ0v) is 11.3. The van der Waals surface area contributed by atoms with Gasteiger partial charge >= 0.3 is 0 Å². The summed E-state index contributed by atoms with van der Waals surface area (Å²) in [4.78, 5) is 11.6. The molecule has 0 spiro atoms. The predicted octanol–water partition coefficient (Wildman–Crippen LogP) is 0.487.